The number of alkyl halides is 3. The van der Waals surface area contributed by atoms with Gasteiger partial charge >= 0.3 is 12.1 Å². The van der Waals surface area contributed by atoms with Crippen molar-refractivity contribution < 1.29 is 28.2 Å². The fraction of sp³-hybridized carbons (Fsp3) is 0.391. The maximum absolute atomic E-state index is 13.0. The van der Waals surface area contributed by atoms with Crippen molar-refractivity contribution >= 4 is 28.9 Å². The zero-order chi connectivity index (χ0) is 24.5. The monoisotopic (exact) mass is 492 g/mol. The van der Waals surface area contributed by atoms with Crippen LogP contribution in [0.25, 0.3) is 10.4 Å². The van der Waals surface area contributed by atoms with Crippen molar-refractivity contribution in [2.75, 3.05) is 5.32 Å². The average molecular weight is 493 g/mol. The zero-order valence-electron chi connectivity index (χ0n) is 18.3. The molecule has 4 rings (SSSR count). The number of hydrogen-bond donors (Lipinski definition) is 3. The van der Waals surface area contributed by atoms with Crippen LogP contribution in [0.3, 0.4) is 0 Å². The highest BCUT2D eigenvalue weighted by molar-refractivity contribution is 7.15. The normalized spacial score (nSPS) is 21.1. The van der Waals surface area contributed by atoms with E-state index in [1.807, 2.05) is 13.0 Å². The number of aliphatic carboxylic acids is 1. The van der Waals surface area contributed by atoms with Crippen molar-refractivity contribution in [2.24, 2.45) is 0 Å². The van der Waals surface area contributed by atoms with E-state index in [2.05, 4.69) is 20.3 Å². The summed E-state index contributed by atoms with van der Waals surface area (Å²) in [7, 11) is 0. The Hall–Kier alpha value is -3.05. The first-order valence-electron chi connectivity index (χ1n) is 10.7. The molecule has 0 saturated heterocycles. The molecule has 1 aliphatic carbocycles. The lowest BCUT2D eigenvalue weighted by atomic mass is 9.94. The summed E-state index contributed by atoms with van der Waals surface area (Å²) < 4.78 is 38.9. The molecule has 0 aliphatic heterocycles. The molecule has 7 nitrogen and oxygen atoms in total. The number of hydrogen-bond acceptors (Lipinski definition) is 7. The maximum atomic E-state index is 13.0. The molecule has 11 heteroatoms. The lowest BCUT2D eigenvalue weighted by Crippen LogP contribution is -2.37. The van der Waals surface area contributed by atoms with Crippen LogP contribution in [0.2, 0.25) is 0 Å². The van der Waals surface area contributed by atoms with E-state index in [-0.39, 0.29) is 24.7 Å². The molecule has 2 atom stereocenters. The van der Waals surface area contributed by atoms with Crippen LogP contribution in [0.15, 0.2) is 36.7 Å². The SMILES string of the molecule is Cc1cc(Nc2nccc(C(F)(F)F)n2)cc(-c2cnc(C3CCC[C@](O)(C(=O)O)CC3)s2)c1. The number of aliphatic hydroxyl groups is 1. The molecule has 1 saturated carbocycles. The second-order valence-electron chi connectivity index (χ2n) is 8.50. The van der Waals surface area contributed by atoms with Gasteiger partial charge in [0.1, 0.15) is 5.69 Å². The second-order valence-corrected chi connectivity index (χ2v) is 9.57. The Bertz CT molecular complexity index is 1200. The fourth-order valence-electron chi connectivity index (χ4n) is 4.10. The number of carboxylic acid groups (broad SMARTS) is 1. The number of carbonyl (C=O) groups is 1. The maximum Gasteiger partial charge on any atom is 0.433 e. The fourth-order valence-corrected chi connectivity index (χ4v) is 5.17. The molecule has 1 aromatic carbocycles. The topological polar surface area (TPSA) is 108 Å². The summed E-state index contributed by atoms with van der Waals surface area (Å²) in [4.78, 5) is 24.3. The van der Waals surface area contributed by atoms with Gasteiger partial charge in [-0.1, -0.05) is 6.07 Å². The van der Waals surface area contributed by atoms with Crippen molar-refractivity contribution in [3.8, 4) is 10.4 Å². The van der Waals surface area contributed by atoms with Crippen molar-refractivity contribution in [1.82, 2.24) is 15.0 Å². The first kappa shape index (κ1) is 24.1. The Morgan fingerprint density at radius 2 is 2.00 bits per heavy atom. The summed E-state index contributed by atoms with van der Waals surface area (Å²) in [6.45, 7) is 1.88. The minimum Gasteiger partial charge on any atom is -0.479 e. The van der Waals surface area contributed by atoms with E-state index >= 15 is 0 Å². The van der Waals surface area contributed by atoms with Crippen LogP contribution in [0.4, 0.5) is 24.8 Å². The van der Waals surface area contributed by atoms with E-state index in [4.69, 9.17) is 0 Å². The molecule has 34 heavy (non-hydrogen) atoms. The largest absolute Gasteiger partial charge is 0.479 e. The van der Waals surface area contributed by atoms with Crippen molar-refractivity contribution in [3.63, 3.8) is 0 Å². The van der Waals surface area contributed by atoms with Crippen LogP contribution in [-0.4, -0.2) is 36.7 Å². The van der Waals surface area contributed by atoms with E-state index in [0.717, 1.165) is 39.7 Å². The molecule has 2 aromatic heterocycles. The first-order valence-corrected chi connectivity index (χ1v) is 11.6. The average Bonchev–Trinajstić information content (AvgIpc) is 3.16. The lowest BCUT2D eigenvalue weighted by molar-refractivity contribution is -0.159. The van der Waals surface area contributed by atoms with E-state index in [1.54, 1.807) is 18.3 Å². The number of aryl methyl sites for hydroxylation is 1. The van der Waals surface area contributed by atoms with Gasteiger partial charge in [0.15, 0.2) is 5.60 Å². The van der Waals surface area contributed by atoms with E-state index < -0.39 is 23.4 Å². The third-order valence-corrected chi connectivity index (χ3v) is 7.09. The van der Waals surface area contributed by atoms with Crippen LogP contribution in [0, 0.1) is 6.92 Å². The van der Waals surface area contributed by atoms with E-state index in [1.165, 1.54) is 11.3 Å². The Labute approximate surface area is 197 Å². The van der Waals surface area contributed by atoms with Crippen molar-refractivity contribution in [3.05, 3.63) is 52.9 Å². The first-order chi connectivity index (χ1) is 16.0. The zero-order valence-corrected chi connectivity index (χ0v) is 19.1. The highest BCUT2D eigenvalue weighted by Crippen LogP contribution is 2.40. The minimum absolute atomic E-state index is 0.0630. The molecule has 0 bridgehead atoms. The van der Waals surface area contributed by atoms with E-state index in [0.29, 0.717) is 18.5 Å². The van der Waals surface area contributed by atoms with Gasteiger partial charge in [0.05, 0.1) is 9.88 Å². The number of nitrogens with one attached hydrogen (secondary N) is 1. The number of thiazole rings is 1. The minimum atomic E-state index is -4.56. The predicted molar refractivity (Wildman–Crippen MR) is 121 cm³/mol. The smallest absolute Gasteiger partial charge is 0.433 e. The molecule has 0 spiro atoms. The highest BCUT2D eigenvalue weighted by Gasteiger charge is 2.38. The van der Waals surface area contributed by atoms with E-state index in [9.17, 15) is 28.2 Å². The highest BCUT2D eigenvalue weighted by atomic mass is 32.1. The summed E-state index contributed by atoms with van der Waals surface area (Å²) in [5.74, 6) is -1.27. The molecule has 0 radical (unpaired) electrons. The summed E-state index contributed by atoms with van der Waals surface area (Å²) in [6.07, 6.45) is 0.515. The standard InChI is InChI=1S/C23H23F3N4O3S/c1-13-9-15(11-16(10-13)29-21-27-8-5-18(30-21)23(24,25)26)17-12-28-19(34-17)14-3-2-6-22(33,7-4-14)20(31)32/h5,8-12,14,33H,2-4,6-7H2,1H3,(H,31,32)(H,27,29,30)/t14?,22-/m1/s1. The van der Waals surface area contributed by atoms with Crippen LogP contribution < -0.4 is 5.32 Å². The van der Waals surface area contributed by atoms with Crippen LogP contribution in [0.1, 0.15) is 54.3 Å². The van der Waals surface area contributed by atoms with Crippen LogP contribution in [-0.2, 0) is 11.0 Å². The quantitative estimate of drug-likeness (QED) is 0.402. The Balaban J connectivity index is 1.54. The van der Waals surface area contributed by atoms with Gasteiger partial charge in [-0.3, -0.25) is 0 Å². The molecule has 1 aliphatic rings. The van der Waals surface area contributed by atoms with Gasteiger partial charge in [0.2, 0.25) is 5.95 Å². The van der Waals surface area contributed by atoms with Crippen molar-refractivity contribution in [1.29, 1.82) is 0 Å². The molecule has 3 N–H and O–H groups in total. The Morgan fingerprint density at radius 3 is 2.74 bits per heavy atom. The number of rotatable bonds is 5. The van der Waals surface area contributed by atoms with Gasteiger partial charge in [0.25, 0.3) is 0 Å². The Morgan fingerprint density at radius 1 is 1.21 bits per heavy atom. The number of anilines is 2. The molecular formula is C23H23F3N4O3S. The Kier molecular flexibility index (Phi) is 6.59. The molecular weight excluding hydrogens is 469 g/mol. The molecule has 3 aromatic rings. The predicted octanol–water partition coefficient (Wildman–Crippen LogP) is 5.53. The van der Waals surface area contributed by atoms with Gasteiger partial charge in [0, 0.05) is 24.0 Å². The number of benzene rings is 1. The molecule has 180 valence electrons. The molecule has 0 amide bonds. The van der Waals surface area contributed by atoms with Gasteiger partial charge in [-0.2, -0.15) is 13.2 Å². The van der Waals surface area contributed by atoms with Gasteiger partial charge in [-0.25, -0.2) is 19.7 Å². The number of nitrogens with zero attached hydrogens (tertiary/aromatic N) is 3. The summed E-state index contributed by atoms with van der Waals surface area (Å²) in [5, 5.41) is 23.4. The lowest BCUT2D eigenvalue weighted by Gasteiger charge is -2.20. The van der Waals surface area contributed by atoms with Crippen LogP contribution >= 0.6 is 11.3 Å². The third kappa shape index (κ3) is 5.36. The van der Waals surface area contributed by atoms with Crippen molar-refractivity contribution in [2.45, 2.75) is 56.7 Å². The number of carboxylic acids is 1. The second kappa shape index (κ2) is 9.30. The summed E-state index contributed by atoms with van der Waals surface area (Å²) in [5.41, 5.74) is -0.428. The molecule has 2 heterocycles. The molecule has 1 fully saturated rings. The van der Waals surface area contributed by atoms with Gasteiger partial charge in [-0.15, -0.1) is 11.3 Å². The number of halogens is 3. The third-order valence-electron chi connectivity index (χ3n) is 5.88. The summed E-state index contributed by atoms with van der Waals surface area (Å²) in [6, 6.07) is 6.35. The number of aromatic nitrogens is 3. The molecule has 1 unspecified atom stereocenters. The van der Waals surface area contributed by atoms with Crippen LogP contribution in [0.5, 0.6) is 0 Å². The van der Waals surface area contributed by atoms with Gasteiger partial charge < -0.3 is 15.5 Å². The summed E-state index contributed by atoms with van der Waals surface area (Å²) >= 11 is 1.49. The van der Waals surface area contributed by atoms with Gasteiger partial charge in [-0.05, 0) is 68.4 Å².